The van der Waals surface area contributed by atoms with Crippen molar-refractivity contribution in [2.24, 2.45) is 0 Å². The Bertz CT molecular complexity index is 533. The molecule has 130 valence electrons. The Hall–Kier alpha value is -1.38. The van der Waals surface area contributed by atoms with Crippen molar-refractivity contribution in [3.05, 3.63) is 35.1 Å². The molecule has 0 aliphatic carbocycles. The van der Waals surface area contributed by atoms with E-state index in [2.05, 4.69) is 15.5 Å². The first-order chi connectivity index (χ1) is 10.4. The molecule has 1 aliphatic heterocycles. The standard InChI is InChI=1S/C14H17F4N3O.ClH/c15-12-2-1-10(14(16,17)18)9-11(12)13(22)20-5-8-21-6-3-19-4-7-21;/h1-2,9,19H,3-8H2,(H,20,22);1H. The van der Waals surface area contributed by atoms with E-state index in [0.29, 0.717) is 24.7 Å². The summed E-state index contributed by atoms with van der Waals surface area (Å²) >= 11 is 0. The lowest BCUT2D eigenvalue weighted by molar-refractivity contribution is -0.137. The number of hydrogen-bond donors (Lipinski definition) is 2. The average Bonchev–Trinajstić information content (AvgIpc) is 2.47. The minimum atomic E-state index is -4.61. The average molecular weight is 356 g/mol. The predicted octanol–water partition coefficient (Wildman–Crippen LogP) is 1.90. The molecule has 1 amide bonds. The van der Waals surface area contributed by atoms with Gasteiger partial charge >= 0.3 is 6.18 Å². The van der Waals surface area contributed by atoms with Crippen molar-refractivity contribution >= 4 is 18.3 Å². The molecule has 1 fully saturated rings. The summed E-state index contributed by atoms with van der Waals surface area (Å²) in [6.07, 6.45) is -4.61. The van der Waals surface area contributed by atoms with Crippen LogP contribution in [0.5, 0.6) is 0 Å². The van der Waals surface area contributed by atoms with Gasteiger partial charge < -0.3 is 10.6 Å². The predicted molar refractivity (Wildman–Crippen MR) is 80.3 cm³/mol. The molecule has 2 rings (SSSR count). The molecule has 1 aromatic rings. The first-order valence-corrected chi connectivity index (χ1v) is 6.96. The Kier molecular flexibility index (Phi) is 7.24. The van der Waals surface area contributed by atoms with Crippen LogP contribution in [0.15, 0.2) is 18.2 Å². The van der Waals surface area contributed by atoms with Crippen LogP contribution in [0.3, 0.4) is 0 Å². The van der Waals surface area contributed by atoms with E-state index in [1.165, 1.54) is 0 Å². The van der Waals surface area contributed by atoms with E-state index in [0.717, 1.165) is 26.2 Å². The molecule has 4 nitrogen and oxygen atoms in total. The quantitative estimate of drug-likeness (QED) is 0.811. The number of hydrogen-bond acceptors (Lipinski definition) is 3. The van der Waals surface area contributed by atoms with Crippen molar-refractivity contribution in [3.8, 4) is 0 Å². The second-order valence-corrected chi connectivity index (χ2v) is 5.04. The number of benzene rings is 1. The SMILES string of the molecule is Cl.O=C(NCCN1CCNCC1)c1cc(C(F)(F)F)ccc1F. The lowest BCUT2D eigenvalue weighted by Crippen LogP contribution is -2.46. The third-order valence-corrected chi connectivity index (χ3v) is 3.46. The number of amides is 1. The van der Waals surface area contributed by atoms with Gasteiger partial charge in [-0.1, -0.05) is 0 Å². The minimum Gasteiger partial charge on any atom is -0.351 e. The molecule has 9 heteroatoms. The van der Waals surface area contributed by atoms with E-state index in [4.69, 9.17) is 0 Å². The highest BCUT2D eigenvalue weighted by Crippen LogP contribution is 2.30. The maximum Gasteiger partial charge on any atom is 0.416 e. The summed E-state index contributed by atoms with van der Waals surface area (Å²) in [5.74, 6) is -1.80. The normalized spacial score (nSPS) is 15.8. The van der Waals surface area contributed by atoms with Crippen LogP contribution < -0.4 is 10.6 Å². The third kappa shape index (κ3) is 5.63. The van der Waals surface area contributed by atoms with Crippen molar-refractivity contribution < 1.29 is 22.4 Å². The van der Waals surface area contributed by atoms with Gasteiger partial charge in [-0.2, -0.15) is 13.2 Å². The largest absolute Gasteiger partial charge is 0.416 e. The van der Waals surface area contributed by atoms with Crippen LogP contribution >= 0.6 is 12.4 Å². The van der Waals surface area contributed by atoms with Crippen LogP contribution in [0.2, 0.25) is 0 Å². The molecule has 0 atom stereocenters. The van der Waals surface area contributed by atoms with Crippen molar-refractivity contribution in [2.75, 3.05) is 39.3 Å². The summed E-state index contributed by atoms with van der Waals surface area (Å²) in [5.41, 5.74) is -1.63. The van der Waals surface area contributed by atoms with Crippen LogP contribution in [0.1, 0.15) is 15.9 Å². The number of carbonyl (C=O) groups is 1. The molecule has 1 heterocycles. The van der Waals surface area contributed by atoms with Crippen molar-refractivity contribution in [1.82, 2.24) is 15.5 Å². The van der Waals surface area contributed by atoms with Crippen molar-refractivity contribution in [2.45, 2.75) is 6.18 Å². The topological polar surface area (TPSA) is 44.4 Å². The highest BCUT2D eigenvalue weighted by molar-refractivity contribution is 5.94. The first-order valence-electron chi connectivity index (χ1n) is 6.96. The van der Waals surface area contributed by atoms with E-state index in [9.17, 15) is 22.4 Å². The van der Waals surface area contributed by atoms with Gasteiger partial charge in [-0.05, 0) is 18.2 Å². The van der Waals surface area contributed by atoms with E-state index in [1.807, 2.05) is 0 Å². The number of alkyl halides is 3. The van der Waals surface area contributed by atoms with E-state index < -0.39 is 29.0 Å². The van der Waals surface area contributed by atoms with Gasteiger partial charge in [-0.15, -0.1) is 12.4 Å². The summed E-state index contributed by atoms with van der Waals surface area (Å²) in [6.45, 7) is 4.23. The molecule has 1 saturated heterocycles. The molecule has 0 unspecified atom stereocenters. The van der Waals surface area contributed by atoms with E-state index >= 15 is 0 Å². The smallest absolute Gasteiger partial charge is 0.351 e. The lowest BCUT2D eigenvalue weighted by Gasteiger charge is -2.27. The van der Waals surface area contributed by atoms with Crippen molar-refractivity contribution in [3.63, 3.8) is 0 Å². The monoisotopic (exact) mass is 355 g/mol. The molecule has 0 aromatic heterocycles. The number of piperazine rings is 1. The lowest BCUT2D eigenvalue weighted by atomic mass is 10.1. The Morgan fingerprint density at radius 1 is 1.26 bits per heavy atom. The van der Waals surface area contributed by atoms with Crippen LogP contribution in [0.4, 0.5) is 17.6 Å². The maximum absolute atomic E-state index is 13.5. The van der Waals surface area contributed by atoms with E-state index in [1.54, 1.807) is 0 Å². The Balaban J connectivity index is 0.00000264. The second-order valence-electron chi connectivity index (χ2n) is 5.04. The fourth-order valence-electron chi connectivity index (χ4n) is 2.23. The van der Waals surface area contributed by atoms with Gasteiger partial charge in [-0.3, -0.25) is 9.69 Å². The van der Waals surface area contributed by atoms with Crippen LogP contribution in [-0.2, 0) is 6.18 Å². The highest BCUT2D eigenvalue weighted by Gasteiger charge is 2.31. The molecular weight excluding hydrogens is 338 g/mol. The highest BCUT2D eigenvalue weighted by atomic mass is 35.5. The number of nitrogens with one attached hydrogen (secondary N) is 2. The zero-order valence-electron chi connectivity index (χ0n) is 12.3. The van der Waals surface area contributed by atoms with Gasteiger partial charge in [0.15, 0.2) is 0 Å². The fraction of sp³-hybridized carbons (Fsp3) is 0.500. The zero-order chi connectivity index (χ0) is 16.2. The molecule has 23 heavy (non-hydrogen) atoms. The molecule has 0 spiro atoms. The first kappa shape index (κ1) is 19.7. The van der Waals surface area contributed by atoms with Crippen LogP contribution in [0, 0.1) is 5.82 Å². The molecule has 1 aliphatic rings. The molecular formula is C14H18ClF4N3O. The number of rotatable bonds is 4. The summed E-state index contributed by atoms with van der Waals surface area (Å²) in [7, 11) is 0. The minimum absolute atomic E-state index is 0. The maximum atomic E-state index is 13.5. The zero-order valence-corrected chi connectivity index (χ0v) is 13.1. The number of halogens is 5. The Morgan fingerprint density at radius 3 is 2.52 bits per heavy atom. The van der Waals surface area contributed by atoms with Crippen LogP contribution in [0.25, 0.3) is 0 Å². The van der Waals surface area contributed by atoms with Crippen LogP contribution in [-0.4, -0.2) is 50.1 Å². The van der Waals surface area contributed by atoms with E-state index in [-0.39, 0.29) is 19.0 Å². The summed E-state index contributed by atoms with van der Waals surface area (Å²) in [4.78, 5) is 13.9. The Labute approximate surface area is 137 Å². The van der Waals surface area contributed by atoms with Gasteiger partial charge in [0.1, 0.15) is 5.82 Å². The van der Waals surface area contributed by atoms with Gasteiger partial charge in [0, 0.05) is 39.3 Å². The molecule has 0 bridgehead atoms. The summed E-state index contributed by atoms with van der Waals surface area (Å²) < 4.78 is 51.3. The Morgan fingerprint density at radius 2 is 1.91 bits per heavy atom. The summed E-state index contributed by atoms with van der Waals surface area (Å²) in [5, 5.41) is 5.64. The fourth-order valence-corrected chi connectivity index (χ4v) is 2.23. The number of nitrogens with zero attached hydrogens (tertiary/aromatic N) is 1. The van der Waals surface area contributed by atoms with Gasteiger partial charge in [0.2, 0.25) is 0 Å². The van der Waals surface area contributed by atoms with Crippen molar-refractivity contribution in [1.29, 1.82) is 0 Å². The molecule has 2 N–H and O–H groups in total. The van der Waals surface area contributed by atoms with Gasteiger partial charge in [0.05, 0.1) is 11.1 Å². The second kappa shape index (κ2) is 8.47. The number of carbonyl (C=O) groups excluding carboxylic acids is 1. The van der Waals surface area contributed by atoms with Gasteiger partial charge in [-0.25, -0.2) is 4.39 Å². The molecule has 1 aromatic carbocycles. The molecule has 0 radical (unpaired) electrons. The van der Waals surface area contributed by atoms with Gasteiger partial charge in [0.25, 0.3) is 5.91 Å². The third-order valence-electron chi connectivity index (χ3n) is 3.46. The molecule has 0 saturated carbocycles. The summed E-state index contributed by atoms with van der Waals surface area (Å²) in [6, 6.07) is 1.82.